The zero-order valence-corrected chi connectivity index (χ0v) is 16.1. The van der Waals surface area contributed by atoms with Gasteiger partial charge in [-0.15, -0.1) is 0 Å². The molecule has 3 rings (SSSR count). The Kier molecular flexibility index (Phi) is 5.14. The fourth-order valence-electron chi connectivity index (χ4n) is 3.29. The van der Waals surface area contributed by atoms with Gasteiger partial charge < -0.3 is 9.88 Å². The molecule has 1 heterocycles. The Labute approximate surface area is 159 Å². The van der Waals surface area contributed by atoms with Gasteiger partial charge in [0.2, 0.25) is 0 Å². The van der Waals surface area contributed by atoms with E-state index in [0.717, 1.165) is 22.6 Å². The van der Waals surface area contributed by atoms with Crippen molar-refractivity contribution in [2.45, 2.75) is 33.7 Å². The topological polar surface area (TPSA) is 57.8 Å². The van der Waals surface area contributed by atoms with Crippen molar-refractivity contribution in [3.8, 4) is 11.8 Å². The van der Waals surface area contributed by atoms with E-state index in [0.29, 0.717) is 0 Å². The first kappa shape index (κ1) is 18.5. The molecule has 0 spiro atoms. The maximum absolute atomic E-state index is 12.2. The van der Waals surface area contributed by atoms with Crippen LogP contribution in [0.1, 0.15) is 30.8 Å². The minimum atomic E-state index is -0.344. The van der Waals surface area contributed by atoms with Crippen LogP contribution < -0.4 is 5.32 Å². The highest BCUT2D eigenvalue weighted by Crippen LogP contribution is 2.25. The largest absolute Gasteiger partial charge is 0.349 e. The van der Waals surface area contributed by atoms with E-state index < -0.39 is 0 Å². The quantitative estimate of drug-likeness (QED) is 0.544. The summed E-state index contributed by atoms with van der Waals surface area (Å²) in [4.78, 5) is 12.2. The molecule has 3 aromatic rings. The van der Waals surface area contributed by atoms with Crippen molar-refractivity contribution in [1.82, 2.24) is 9.88 Å². The number of rotatable bonds is 4. The van der Waals surface area contributed by atoms with E-state index in [1.807, 2.05) is 52.0 Å². The smallest absolute Gasteiger partial charge is 0.262 e. The Morgan fingerprint density at radius 3 is 2.48 bits per heavy atom. The number of amides is 1. The second-order valence-corrected chi connectivity index (χ2v) is 6.99. The third-order valence-electron chi connectivity index (χ3n) is 4.55. The van der Waals surface area contributed by atoms with Crippen molar-refractivity contribution in [2.24, 2.45) is 0 Å². The van der Waals surface area contributed by atoms with Gasteiger partial charge in [0, 0.05) is 23.1 Å². The van der Waals surface area contributed by atoms with E-state index in [1.54, 1.807) is 6.08 Å². The number of fused-ring (bicyclic) bond motifs is 1. The molecule has 1 amide bonds. The second kappa shape index (κ2) is 7.51. The molecule has 0 saturated heterocycles. The Balaban J connectivity index is 2.05. The highest BCUT2D eigenvalue weighted by atomic mass is 16.1. The molecule has 0 aliphatic carbocycles. The zero-order valence-electron chi connectivity index (χ0n) is 16.1. The number of nitrogens with one attached hydrogen (secondary N) is 1. The lowest BCUT2D eigenvalue weighted by Crippen LogP contribution is -2.30. The van der Waals surface area contributed by atoms with Gasteiger partial charge in [0.05, 0.1) is 0 Å². The van der Waals surface area contributed by atoms with Gasteiger partial charge in [-0.05, 0) is 68.3 Å². The van der Waals surface area contributed by atoms with Gasteiger partial charge in [-0.1, -0.05) is 30.3 Å². The fourth-order valence-corrected chi connectivity index (χ4v) is 3.29. The second-order valence-electron chi connectivity index (χ2n) is 6.99. The van der Waals surface area contributed by atoms with Crippen molar-refractivity contribution >= 4 is 22.8 Å². The first-order valence-electron chi connectivity index (χ1n) is 9.01. The lowest BCUT2D eigenvalue weighted by Gasteiger charge is -2.11. The van der Waals surface area contributed by atoms with Crippen LogP contribution in [0.15, 0.2) is 54.1 Å². The number of aryl methyl sites for hydroxylation is 1. The van der Waals surface area contributed by atoms with Crippen molar-refractivity contribution in [3.05, 3.63) is 71.1 Å². The first-order valence-corrected chi connectivity index (χ1v) is 9.01. The van der Waals surface area contributed by atoms with Crippen LogP contribution in [0, 0.1) is 25.2 Å². The molecule has 4 heteroatoms. The molecule has 1 aromatic heterocycles. The maximum Gasteiger partial charge on any atom is 0.262 e. The number of carbonyl (C=O) groups is 1. The molecule has 2 aromatic carbocycles. The van der Waals surface area contributed by atoms with E-state index in [4.69, 9.17) is 0 Å². The van der Waals surface area contributed by atoms with E-state index >= 15 is 0 Å². The summed E-state index contributed by atoms with van der Waals surface area (Å²) in [5.74, 6) is -0.344. The lowest BCUT2D eigenvalue weighted by atomic mass is 10.1. The van der Waals surface area contributed by atoms with Crippen LogP contribution in [0.25, 0.3) is 22.5 Å². The van der Waals surface area contributed by atoms with Crippen LogP contribution in [-0.2, 0) is 4.79 Å². The predicted molar refractivity (Wildman–Crippen MR) is 110 cm³/mol. The van der Waals surface area contributed by atoms with Crippen molar-refractivity contribution in [2.75, 3.05) is 0 Å². The summed E-state index contributed by atoms with van der Waals surface area (Å²) in [6.45, 7) is 7.78. The van der Waals surface area contributed by atoms with Crippen LogP contribution in [0.3, 0.4) is 0 Å². The van der Waals surface area contributed by atoms with Crippen LogP contribution >= 0.6 is 0 Å². The molecule has 0 unspecified atom stereocenters. The van der Waals surface area contributed by atoms with Crippen LogP contribution in [0.4, 0.5) is 0 Å². The molecule has 0 atom stereocenters. The average Bonchev–Trinajstić information content (AvgIpc) is 2.92. The third kappa shape index (κ3) is 3.78. The molecule has 4 nitrogen and oxygen atoms in total. The van der Waals surface area contributed by atoms with Gasteiger partial charge in [-0.25, -0.2) is 0 Å². The molecular weight excluding hydrogens is 334 g/mol. The van der Waals surface area contributed by atoms with Gasteiger partial charge in [-0.2, -0.15) is 5.26 Å². The summed E-state index contributed by atoms with van der Waals surface area (Å²) in [7, 11) is 0. The maximum atomic E-state index is 12.2. The van der Waals surface area contributed by atoms with Crippen LogP contribution in [0.2, 0.25) is 0 Å². The summed E-state index contributed by atoms with van der Waals surface area (Å²) >= 11 is 0. The molecule has 0 radical (unpaired) electrons. The Bertz CT molecular complexity index is 1080. The number of aromatic nitrogens is 1. The van der Waals surface area contributed by atoms with Crippen molar-refractivity contribution < 1.29 is 4.79 Å². The normalized spacial score (nSPS) is 11.6. The SMILES string of the molecule is Cc1cc(C=C(C#N)C(=O)NC(C)C)c(C)n1-c1ccc2ccccc2c1. The van der Waals surface area contributed by atoms with Crippen molar-refractivity contribution in [1.29, 1.82) is 5.26 Å². The summed E-state index contributed by atoms with van der Waals surface area (Å²) in [5.41, 5.74) is 4.09. The summed E-state index contributed by atoms with van der Waals surface area (Å²) in [5, 5.41) is 14.5. The molecule has 1 N–H and O–H groups in total. The number of hydrogen-bond donors (Lipinski definition) is 1. The van der Waals surface area contributed by atoms with Gasteiger partial charge >= 0.3 is 0 Å². The molecule has 27 heavy (non-hydrogen) atoms. The summed E-state index contributed by atoms with van der Waals surface area (Å²) < 4.78 is 2.15. The molecule has 0 fully saturated rings. The van der Waals surface area contributed by atoms with E-state index in [-0.39, 0.29) is 17.5 Å². The monoisotopic (exact) mass is 357 g/mol. The standard InChI is InChI=1S/C23H23N3O/c1-15(2)25-23(27)21(14-24)12-20-11-16(3)26(17(20)4)22-10-9-18-7-5-6-8-19(18)13-22/h5-13,15H,1-4H3,(H,25,27). The Morgan fingerprint density at radius 1 is 1.11 bits per heavy atom. The zero-order chi connectivity index (χ0) is 19.6. The minimum Gasteiger partial charge on any atom is -0.349 e. The lowest BCUT2D eigenvalue weighted by molar-refractivity contribution is -0.117. The first-order chi connectivity index (χ1) is 12.9. The highest BCUT2D eigenvalue weighted by Gasteiger charge is 2.14. The molecular formula is C23H23N3O. The minimum absolute atomic E-state index is 0.0146. The molecule has 136 valence electrons. The number of nitriles is 1. The highest BCUT2D eigenvalue weighted by molar-refractivity contribution is 6.02. The third-order valence-corrected chi connectivity index (χ3v) is 4.55. The number of carbonyl (C=O) groups excluding carboxylic acids is 1. The summed E-state index contributed by atoms with van der Waals surface area (Å²) in [6, 6.07) is 18.6. The van der Waals surface area contributed by atoms with Crippen LogP contribution in [-0.4, -0.2) is 16.5 Å². The van der Waals surface area contributed by atoms with Gasteiger partial charge in [0.1, 0.15) is 11.6 Å². The summed E-state index contributed by atoms with van der Waals surface area (Å²) in [6.07, 6.45) is 1.66. The number of nitrogens with zero attached hydrogens (tertiary/aromatic N) is 2. The molecule has 0 bridgehead atoms. The van der Waals surface area contributed by atoms with E-state index in [9.17, 15) is 10.1 Å². The number of benzene rings is 2. The van der Waals surface area contributed by atoms with Gasteiger partial charge in [0.15, 0.2) is 0 Å². The predicted octanol–water partition coefficient (Wildman–Crippen LogP) is 4.68. The van der Waals surface area contributed by atoms with Gasteiger partial charge in [-0.3, -0.25) is 4.79 Å². The van der Waals surface area contributed by atoms with Crippen LogP contribution in [0.5, 0.6) is 0 Å². The Morgan fingerprint density at radius 2 is 1.81 bits per heavy atom. The molecule has 0 aliphatic heterocycles. The van der Waals surface area contributed by atoms with E-state index in [1.165, 1.54) is 10.8 Å². The Hall–Kier alpha value is -3.32. The fraction of sp³-hybridized carbons (Fsp3) is 0.217. The van der Waals surface area contributed by atoms with E-state index in [2.05, 4.69) is 40.2 Å². The average molecular weight is 357 g/mol. The molecule has 0 saturated carbocycles. The number of hydrogen-bond acceptors (Lipinski definition) is 2. The van der Waals surface area contributed by atoms with Crippen molar-refractivity contribution in [3.63, 3.8) is 0 Å². The van der Waals surface area contributed by atoms with Gasteiger partial charge in [0.25, 0.3) is 5.91 Å². The molecule has 0 aliphatic rings.